The van der Waals surface area contributed by atoms with Crippen LogP contribution in [0.3, 0.4) is 0 Å². The van der Waals surface area contributed by atoms with E-state index >= 15 is 0 Å². The first-order valence-corrected chi connectivity index (χ1v) is 8.76. The van der Waals surface area contributed by atoms with Gasteiger partial charge in [-0.2, -0.15) is 0 Å². The summed E-state index contributed by atoms with van der Waals surface area (Å²) in [6, 6.07) is 6.25. The van der Waals surface area contributed by atoms with Gasteiger partial charge < -0.3 is 10.2 Å². The summed E-state index contributed by atoms with van der Waals surface area (Å²) in [6.07, 6.45) is 4.11. The number of hydrogen-bond acceptors (Lipinski definition) is 2. The standard InChI is InChI=1S/C18H25ClN2O2/c1-3-13(2)16(18(23)21-11-5-4-6-12-21)20-17(22)14-7-9-15(19)10-8-14/h7-10,13,16H,3-6,11-12H2,1-2H3,(H,20,22). The van der Waals surface area contributed by atoms with Crippen molar-refractivity contribution in [1.29, 1.82) is 0 Å². The van der Waals surface area contributed by atoms with Crippen LogP contribution in [0.25, 0.3) is 0 Å². The Morgan fingerprint density at radius 1 is 1.17 bits per heavy atom. The number of piperidine rings is 1. The van der Waals surface area contributed by atoms with Gasteiger partial charge in [0.2, 0.25) is 5.91 Å². The van der Waals surface area contributed by atoms with Crippen LogP contribution in [0.15, 0.2) is 24.3 Å². The van der Waals surface area contributed by atoms with Gasteiger partial charge in [-0.05, 0) is 49.4 Å². The van der Waals surface area contributed by atoms with Crippen LogP contribution >= 0.6 is 11.6 Å². The van der Waals surface area contributed by atoms with E-state index < -0.39 is 6.04 Å². The van der Waals surface area contributed by atoms with Crippen molar-refractivity contribution in [1.82, 2.24) is 10.2 Å². The van der Waals surface area contributed by atoms with Gasteiger partial charge in [0.15, 0.2) is 0 Å². The maximum absolute atomic E-state index is 12.8. The number of rotatable bonds is 5. The van der Waals surface area contributed by atoms with E-state index in [1.807, 2.05) is 18.7 Å². The minimum Gasteiger partial charge on any atom is -0.341 e. The SMILES string of the molecule is CCC(C)C(NC(=O)c1ccc(Cl)cc1)C(=O)N1CCCCC1. The average molecular weight is 337 g/mol. The van der Waals surface area contributed by atoms with Gasteiger partial charge in [0, 0.05) is 23.7 Å². The first-order chi connectivity index (χ1) is 11.0. The predicted molar refractivity (Wildman–Crippen MR) is 92.6 cm³/mol. The molecular formula is C18H25ClN2O2. The number of benzene rings is 1. The molecule has 4 nitrogen and oxygen atoms in total. The molecule has 0 aliphatic carbocycles. The smallest absolute Gasteiger partial charge is 0.251 e. The van der Waals surface area contributed by atoms with Gasteiger partial charge in [-0.25, -0.2) is 0 Å². The monoisotopic (exact) mass is 336 g/mol. The largest absolute Gasteiger partial charge is 0.341 e. The molecule has 0 saturated carbocycles. The molecule has 2 atom stereocenters. The number of nitrogens with one attached hydrogen (secondary N) is 1. The third-order valence-electron chi connectivity index (χ3n) is 4.54. The van der Waals surface area contributed by atoms with Crippen molar-refractivity contribution in [2.24, 2.45) is 5.92 Å². The van der Waals surface area contributed by atoms with Crippen LogP contribution in [0.2, 0.25) is 5.02 Å². The van der Waals surface area contributed by atoms with E-state index in [0.29, 0.717) is 10.6 Å². The van der Waals surface area contributed by atoms with Gasteiger partial charge in [-0.1, -0.05) is 31.9 Å². The van der Waals surface area contributed by atoms with Crippen molar-refractivity contribution in [2.45, 2.75) is 45.6 Å². The molecule has 1 aliphatic heterocycles. The van der Waals surface area contributed by atoms with Crippen LogP contribution < -0.4 is 5.32 Å². The molecule has 126 valence electrons. The summed E-state index contributed by atoms with van der Waals surface area (Å²) in [4.78, 5) is 27.2. The zero-order valence-electron chi connectivity index (χ0n) is 13.8. The van der Waals surface area contributed by atoms with Gasteiger partial charge in [-0.15, -0.1) is 0 Å². The van der Waals surface area contributed by atoms with Gasteiger partial charge in [0.25, 0.3) is 5.91 Å². The zero-order valence-corrected chi connectivity index (χ0v) is 14.6. The van der Waals surface area contributed by atoms with E-state index in [1.165, 1.54) is 6.42 Å². The Kier molecular flexibility index (Phi) is 6.46. The van der Waals surface area contributed by atoms with Crippen molar-refractivity contribution in [2.75, 3.05) is 13.1 Å². The molecule has 0 aromatic heterocycles. The Labute approximate surface area is 143 Å². The van der Waals surface area contributed by atoms with E-state index in [0.717, 1.165) is 32.4 Å². The maximum Gasteiger partial charge on any atom is 0.251 e. The first kappa shape index (κ1) is 17.8. The number of carbonyl (C=O) groups is 2. The fourth-order valence-electron chi connectivity index (χ4n) is 2.82. The summed E-state index contributed by atoms with van der Waals surface area (Å²) in [5.74, 6) is -0.0839. The van der Waals surface area contributed by atoms with Crippen LogP contribution in [-0.2, 0) is 4.79 Å². The number of carbonyl (C=O) groups excluding carboxylic acids is 2. The maximum atomic E-state index is 12.8. The molecule has 1 fully saturated rings. The molecular weight excluding hydrogens is 312 g/mol. The second kappa shape index (κ2) is 8.34. The van der Waals surface area contributed by atoms with E-state index in [-0.39, 0.29) is 17.7 Å². The van der Waals surface area contributed by atoms with Crippen molar-refractivity contribution < 1.29 is 9.59 Å². The lowest BCUT2D eigenvalue weighted by Gasteiger charge is -2.33. The number of likely N-dealkylation sites (tertiary alicyclic amines) is 1. The average Bonchev–Trinajstić information content (AvgIpc) is 2.59. The molecule has 2 rings (SSSR count). The van der Waals surface area contributed by atoms with Crippen molar-refractivity contribution in [3.63, 3.8) is 0 Å². The molecule has 1 aromatic rings. The lowest BCUT2D eigenvalue weighted by Crippen LogP contribution is -2.52. The highest BCUT2D eigenvalue weighted by molar-refractivity contribution is 6.30. The fraction of sp³-hybridized carbons (Fsp3) is 0.556. The summed E-state index contributed by atoms with van der Waals surface area (Å²) in [5.41, 5.74) is 0.522. The molecule has 1 N–H and O–H groups in total. The Hall–Kier alpha value is -1.55. The van der Waals surface area contributed by atoms with Crippen LogP contribution in [0, 0.1) is 5.92 Å². The summed E-state index contributed by atoms with van der Waals surface area (Å²) < 4.78 is 0. The number of halogens is 1. The molecule has 2 amide bonds. The molecule has 23 heavy (non-hydrogen) atoms. The summed E-state index contributed by atoms with van der Waals surface area (Å²) in [7, 11) is 0. The highest BCUT2D eigenvalue weighted by Gasteiger charge is 2.30. The molecule has 1 aliphatic rings. The van der Waals surface area contributed by atoms with Gasteiger partial charge in [-0.3, -0.25) is 9.59 Å². The third kappa shape index (κ3) is 4.71. The highest BCUT2D eigenvalue weighted by atomic mass is 35.5. The zero-order chi connectivity index (χ0) is 16.8. The number of amides is 2. The van der Waals surface area contributed by atoms with Crippen LogP contribution in [0.5, 0.6) is 0 Å². The molecule has 0 spiro atoms. The quantitative estimate of drug-likeness (QED) is 0.894. The molecule has 1 heterocycles. The predicted octanol–water partition coefficient (Wildman–Crippen LogP) is 3.50. The van der Waals surface area contributed by atoms with E-state index in [4.69, 9.17) is 11.6 Å². The second-order valence-electron chi connectivity index (χ2n) is 6.23. The Balaban J connectivity index is 2.09. The number of hydrogen-bond donors (Lipinski definition) is 1. The molecule has 0 radical (unpaired) electrons. The Morgan fingerprint density at radius 3 is 2.35 bits per heavy atom. The third-order valence-corrected chi connectivity index (χ3v) is 4.79. The van der Waals surface area contributed by atoms with Crippen LogP contribution in [0.4, 0.5) is 0 Å². The van der Waals surface area contributed by atoms with Gasteiger partial charge in [0.05, 0.1) is 0 Å². The van der Waals surface area contributed by atoms with Crippen LogP contribution in [-0.4, -0.2) is 35.8 Å². The Morgan fingerprint density at radius 2 is 1.78 bits per heavy atom. The van der Waals surface area contributed by atoms with Gasteiger partial charge in [0.1, 0.15) is 6.04 Å². The molecule has 5 heteroatoms. The van der Waals surface area contributed by atoms with Crippen molar-refractivity contribution in [3.05, 3.63) is 34.9 Å². The summed E-state index contributed by atoms with van der Waals surface area (Å²) in [5, 5.41) is 3.51. The second-order valence-corrected chi connectivity index (χ2v) is 6.67. The number of nitrogens with zero attached hydrogens (tertiary/aromatic N) is 1. The summed E-state index contributed by atoms with van der Waals surface area (Å²) >= 11 is 5.85. The highest BCUT2D eigenvalue weighted by Crippen LogP contribution is 2.16. The van der Waals surface area contributed by atoms with Crippen molar-refractivity contribution in [3.8, 4) is 0 Å². The molecule has 2 unspecified atom stereocenters. The van der Waals surface area contributed by atoms with Crippen LogP contribution in [0.1, 0.15) is 49.9 Å². The van der Waals surface area contributed by atoms with E-state index in [2.05, 4.69) is 5.32 Å². The minimum atomic E-state index is -0.471. The Bertz CT molecular complexity index is 538. The lowest BCUT2D eigenvalue weighted by atomic mass is 9.96. The topological polar surface area (TPSA) is 49.4 Å². The van der Waals surface area contributed by atoms with Gasteiger partial charge >= 0.3 is 0 Å². The fourth-order valence-corrected chi connectivity index (χ4v) is 2.95. The first-order valence-electron chi connectivity index (χ1n) is 8.38. The normalized spacial score (nSPS) is 17.4. The van der Waals surface area contributed by atoms with E-state index in [1.54, 1.807) is 24.3 Å². The summed E-state index contributed by atoms with van der Waals surface area (Å²) in [6.45, 7) is 5.63. The molecule has 1 saturated heterocycles. The van der Waals surface area contributed by atoms with Crippen molar-refractivity contribution >= 4 is 23.4 Å². The van der Waals surface area contributed by atoms with E-state index in [9.17, 15) is 9.59 Å². The minimum absolute atomic E-state index is 0.0429. The molecule has 1 aromatic carbocycles. The lowest BCUT2D eigenvalue weighted by molar-refractivity contribution is -0.135. The molecule has 0 bridgehead atoms.